The minimum absolute atomic E-state index is 0.141. The number of nitrogens with zero attached hydrogens (tertiary/aromatic N) is 3. The van der Waals surface area contributed by atoms with Gasteiger partial charge in [-0.3, -0.25) is 4.79 Å². The average molecular weight is 464 g/mol. The van der Waals surface area contributed by atoms with Crippen LogP contribution in [0.15, 0.2) is 60.9 Å². The van der Waals surface area contributed by atoms with Crippen LogP contribution in [0.4, 0.5) is 10.1 Å². The number of nitrogens with one attached hydrogen (secondary N) is 2. The summed E-state index contributed by atoms with van der Waals surface area (Å²) < 4.78 is 44.0. The Morgan fingerprint density at radius 3 is 2.77 bits per heavy atom. The van der Waals surface area contributed by atoms with Crippen molar-refractivity contribution in [1.82, 2.24) is 18.8 Å². The van der Waals surface area contributed by atoms with Crippen LogP contribution in [0.3, 0.4) is 0 Å². The predicted octanol–water partition coefficient (Wildman–Crippen LogP) is 2.88. The molecular formula is C20H19ClFN5O3S. The first-order valence-corrected chi connectivity index (χ1v) is 11.2. The van der Waals surface area contributed by atoms with Gasteiger partial charge in [-0.15, -0.1) is 0 Å². The molecule has 2 heterocycles. The molecule has 0 saturated carbocycles. The first kappa shape index (κ1) is 21.4. The maximum absolute atomic E-state index is 13.4. The van der Waals surface area contributed by atoms with Crippen molar-refractivity contribution in [1.29, 1.82) is 0 Å². The minimum Gasteiger partial charge on any atom is -0.325 e. The quantitative estimate of drug-likeness (QED) is 0.621. The van der Waals surface area contributed by atoms with E-state index in [-0.39, 0.29) is 17.1 Å². The SMILES string of the molecule is CN1C(C(=O)Nc2ccc(F)c(Cl)c2)CC(c2cccc(-n3cccn3)c2)NS1(=O)=O. The van der Waals surface area contributed by atoms with Crippen molar-refractivity contribution in [2.24, 2.45) is 0 Å². The Hall–Kier alpha value is -2.79. The highest BCUT2D eigenvalue weighted by molar-refractivity contribution is 7.87. The van der Waals surface area contributed by atoms with Crippen molar-refractivity contribution in [3.63, 3.8) is 0 Å². The number of amides is 1. The molecule has 2 aromatic carbocycles. The highest BCUT2D eigenvalue weighted by atomic mass is 35.5. The Morgan fingerprint density at radius 2 is 2.06 bits per heavy atom. The lowest BCUT2D eigenvalue weighted by Gasteiger charge is -2.36. The Morgan fingerprint density at radius 1 is 1.26 bits per heavy atom. The topological polar surface area (TPSA) is 96.3 Å². The monoisotopic (exact) mass is 463 g/mol. The molecule has 0 bridgehead atoms. The number of halogens is 2. The van der Waals surface area contributed by atoms with E-state index < -0.39 is 34.0 Å². The molecule has 1 saturated heterocycles. The Kier molecular flexibility index (Phi) is 5.80. The second-order valence-corrected chi connectivity index (χ2v) is 9.28. The molecule has 2 N–H and O–H groups in total. The molecule has 1 amide bonds. The molecule has 8 nitrogen and oxygen atoms in total. The third-order valence-electron chi connectivity index (χ3n) is 5.10. The molecule has 2 atom stereocenters. The molecule has 31 heavy (non-hydrogen) atoms. The van der Waals surface area contributed by atoms with E-state index in [4.69, 9.17) is 11.6 Å². The summed E-state index contributed by atoms with van der Waals surface area (Å²) in [5.74, 6) is -1.15. The lowest BCUT2D eigenvalue weighted by Crippen LogP contribution is -2.55. The van der Waals surface area contributed by atoms with Crippen LogP contribution in [0, 0.1) is 5.82 Å². The molecule has 0 aliphatic carbocycles. The third kappa shape index (κ3) is 4.47. The van der Waals surface area contributed by atoms with Gasteiger partial charge in [0.15, 0.2) is 0 Å². The summed E-state index contributed by atoms with van der Waals surface area (Å²) in [7, 11) is -2.58. The number of benzene rings is 2. The van der Waals surface area contributed by atoms with Gasteiger partial charge in [-0.2, -0.15) is 22.5 Å². The van der Waals surface area contributed by atoms with E-state index in [1.54, 1.807) is 35.3 Å². The van der Waals surface area contributed by atoms with E-state index in [0.717, 1.165) is 16.1 Å². The molecule has 1 aliphatic rings. The number of likely N-dealkylation sites (N-methyl/N-ethyl adjacent to an activating group) is 1. The summed E-state index contributed by atoms with van der Waals surface area (Å²) in [4.78, 5) is 12.9. The number of carbonyl (C=O) groups excluding carboxylic acids is 1. The first-order chi connectivity index (χ1) is 14.7. The van der Waals surface area contributed by atoms with E-state index in [0.29, 0.717) is 5.56 Å². The number of hydrogen-bond donors (Lipinski definition) is 2. The number of hydrogen-bond acceptors (Lipinski definition) is 4. The Bertz CT molecular complexity index is 1220. The smallest absolute Gasteiger partial charge is 0.280 e. The number of rotatable bonds is 4. The van der Waals surface area contributed by atoms with Crippen LogP contribution in [0.5, 0.6) is 0 Å². The summed E-state index contributed by atoms with van der Waals surface area (Å²) >= 11 is 5.77. The lowest BCUT2D eigenvalue weighted by molar-refractivity contribution is -0.120. The fraction of sp³-hybridized carbons (Fsp3) is 0.200. The van der Waals surface area contributed by atoms with Crippen LogP contribution in [-0.2, 0) is 15.0 Å². The van der Waals surface area contributed by atoms with Gasteiger partial charge in [-0.05, 0) is 48.4 Å². The van der Waals surface area contributed by atoms with Crippen LogP contribution in [-0.4, -0.2) is 41.5 Å². The molecule has 3 aromatic rings. The van der Waals surface area contributed by atoms with Gasteiger partial charge in [0.2, 0.25) is 5.91 Å². The molecule has 162 valence electrons. The zero-order chi connectivity index (χ0) is 22.2. The van der Waals surface area contributed by atoms with Crippen molar-refractivity contribution >= 4 is 33.4 Å². The van der Waals surface area contributed by atoms with Crippen LogP contribution >= 0.6 is 11.6 Å². The second-order valence-electron chi connectivity index (χ2n) is 7.11. The maximum atomic E-state index is 13.4. The summed E-state index contributed by atoms with van der Waals surface area (Å²) in [6.07, 6.45) is 3.62. The lowest BCUT2D eigenvalue weighted by atomic mass is 9.99. The fourth-order valence-corrected chi connectivity index (χ4v) is 4.89. The molecule has 0 radical (unpaired) electrons. The van der Waals surface area contributed by atoms with Crippen molar-refractivity contribution in [2.45, 2.75) is 18.5 Å². The summed E-state index contributed by atoms with van der Waals surface area (Å²) in [5.41, 5.74) is 1.74. The molecule has 1 aliphatic heterocycles. The van der Waals surface area contributed by atoms with Crippen LogP contribution < -0.4 is 10.0 Å². The van der Waals surface area contributed by atoms with Gasteiger partial charge in [0.25, 0.3) is 10.2 Å². The molecule has 11 heteroatoms. The Balaban J connectivity index is 1.60. The second kappa shape index (κ2) is 8.39. The van der Waals surface area contributed by atoms with Gasteiger partial charge in [0.1, 0.15) is 11.9 Å². The van der Waals surface area contributed by atoms with Gasteiger partial charge in [0, 0.05) is 31.2 Å². The normalized spacial score (nSPS) is 21.0. The average Bonchev–Trinajstić information content (AvgIpc) is 3.27. The molecule has 2 unspecified atom stereocenters. The maximum Gasteiger partial charge on any atom is 0.280 e. The van der Waals surface area contributed by atoms with Gasteiger partial charge in [0.05, 0.1) is 10.7 Å². The van der Waals surface area contributed by atoms with Crippen molar-refractivity contribution in [3.05, 3.63) is 77.3 Å². The summed E-state index contributed by atoms with van der Waals surface area (Å²) in [6.45, 7) is 0. The van der Waals surface area contributed by atoms with E-state index in [1.807, 2.05) is 12.1 Å². The Labute approximate surface area is 183 Å². The summed E-state index contributed by atoms with van der Waals surface area (Å²) in [6, 6.07) is 11.2. The van der Waals surface area contributed by atoms with Crippen molar-refractivity contribution in [2.75, 3.05) is 12.4 Å². The van der Waals surface area contributed by atoms with Crippen molar-refractivity contribution < 1.29 is 17.6 Å². The van der Waals surface area contributed by atoms with Crippen LogP contribution in [0.2, 0.25) is 5.02 Å². The molecular weight excluding hydrogens is 445 g/mol. The predicted molar refractivity (Wildman–Crippen MR) is 115 cm³/mol. The van der Waals surface area contributed by atoms with Gasteiger partial charge < -0.3 is 5.32 Å². The largest absolute Gasteiger partial charge is 0.325 e. The summed E-state index contributed by atoms with van der Waals surface area (Å²) in [5, 5.41) is 6.66. The molecule has 1 fully saturated rings. The third-order valence-corrected chi connectivity index (χ3v) is 6.98. The standard InChI is InChI=1S/C20H19ClFN5O3S/c1-26-19(20(28)24-14-6-7-17(22)16(21)11-14)12-18(25-31(26,29)30)13-4-2-5-15(10-13)27-9-3-8-23-27/h2-11,18-19,25H,12H2,1H3,(H,24,28). The first-order valence-electron chi connectivity index (χ1n) is 9.36. The van der Waals surface area contributed by atoms with Gasteiger partial charge in [-0.25, -0.2) is 9.07 Å². The van der Waals surface area contributed by atoms with E-state index in [2.05, 4.69) is 15.1 Å². The highest BCUT2D eigenvalue weighted by Crippen LogP contribution is 2.30. The van der Waals surface area contributed by atoms with Gasteiger partial charge >= 0.3 is 0 Å². The fourth-order valence-electron chi connectivity index (χ4n) is 3.43. The van der Waals surface area contributed by atoms with Crippen molar-refractivity contribution in [3.8, 4) is 5.69 Å². The molecule has 4 rings (SSSR count). The number of carbonyl (C=O) groups is 1. The molecule has 1 aromatic heterocycles. The molecule has 0 spiro atoms. The number of aromatic nitrogens is 2. The van der Waals surface area contributed by atoms with E-state index >= 15 is 0 Å². The van der Waals surface area contributed by atoms with Gasteiger partial charge in [-0.1, -0.05) is 23.7 Å². The minimum atomic E-state index is -3.91. The van der Waals surface area contributed by atoms with Crippen LogP contribution in [0.25, 0.3) is 5.69 Å². The highest BCUT2D eigenvalue weighted by Gasteiger charge is 2.40. The van der Waals surface area contributed by atoms with E-state index in [1.165, 1.54) is 19.2 Å². The zero-order valence-corrected chi connectivity index (χ0v) is 17.9. The zero-order valence-electron chi connectivity index (χ0n) is 16.4. The number of anilines is 1. The van der Waals surface area contributed by atoms with Crippen LogP contribution in [0.1, 0.15) is 18.0 Å². The van der Waals surface area contributed by atoms with E-state index in [9.17, 15) is 17.6 Å².